The largest absolute Gasteiger partial charge is 0.376 e. The maximum atomic E-state index is 12.4. The Balaban J connectivity index is 0.00000131. The van der Waals surface area contributed by atoms with Gasteiger partial charge in [-0.05, 0) is 25.3 Å². The van der Waals surface area contributed by atoms with Crippen molar-refractivity contribution in [2.24, 2.45) is 0 Å². The molecule has 27 heavy (non-hydrogen) atoms. The van der Waals surface area contributed by atoms with Crippen LogP contribution in [0.15, 0.2) is 18.6 Å². The van der Waals surface area contributed by atoms with Gasteiger partial charge in [-0.3, -0.25) is 4.79 Å². The molecule has 1 saturated heterocycles. The summed E-state index contributed by atoms with van der Waals surface area (Å²) in [7, 11) is 0. The number of imidazole rings is 1. The molecule has 1 aliphatic heterocycles. The Bertz CT molecular complexity index is 742. The van der Waals surface area contributed by atoms with Gasteiger partial charge in [-0.1, -0.05) is 12.8 Å². The average Bonchev–Trinajstić information content (AvgIpc) is 3.31. The normalized spacial score (nSPS) is 20.1. The van der Waals surface area contributed by atoms with Gasteiger partial charge in [0, 0.05) is 31.9 Å². The quantitative estimate of drug-likeness (QED) is 0.783. The summed E-state index contributed by atoms with van der Waals surface area (Å²) >= 11 is 0. The Labute approximate surface area is 171 Å². The van der Waals surface area contributed by atoms with Gasteiger partial charge in [-0.2, -0.15) is 0 Å². The predicted molar refractivity (Wildman–Crippen MR) is 109 cm³/mol. The number of nitrogens with zero attached hydrogens (tertiary/aromatic N) is 3. The van der Waals surface area contributed by atoms with Gasteiger partial charge >= 0.3 is 0 Å². The first-order valence-electron chi connectivity index (χ1n) is 9.24. The van der Waals surface area contributed by atoms with Crippen LogP contribution in [0.25, 0.3) is 11.2 Å². The molecule has 2 aliphatic rings. The number of ether oxygens (including phenoxy) is 1. The number of halogens is 2. The van der Waals surface area contributed by atoms with E-state index in [1.165, 1.54) is 25.7 Å². The lowest BCUT2D eigenvalue weighted by atomic mass is 10.2. The van der Waals surface area contributed by atoms with Crippen molar-refractivity contribution in [1.82, 2.24) is 25.2 Å². The Kier molecular flexibility index (Phi) is 8.28. The van der Waals surface area contributed by atoms with Crippen LogP contribution in [0, 0.1) is 0 Å². The van der Waals surface area contributed by atoms with Crippen molar-refractivity contribution in [2.75, 3.05) is 26.2 Å². The van der Waals surface area contributed by atoms with Gasteiger partial charge in [-0.15, -0.1) is 24.8 Å². The van der Waals surface area contributed by atoms with Gasteiger partial charge in [0.1, 0.15) is 5.52 Å². The summed E-state index contributed by atoms with van der Waals surface area (Å²) in [5, 5.41) is 6.24. The van der Waals surface area contributed by atoms with Crippen LogP contribution in [0.1, 0.15) is 48.5 Å². The van der Waals surface area contributed by atoms with Crippen LogP contribution in [-0.4, -0.2) is 52.8 Å². The van der Waals surface area contributed by atoms with Crippen molar-refractivity contribution in [2.45, 2.75) is 44.2 Å². The fourth-order valence-electron chi connectivity index (χ4n) is 3.75. The highest BCUT2D eigenvalue weighted by atomic mass is 35.5. The monoisotopic (exact) mass is 415 g/mol. The molecule has 7 nitrogen and oxygen atoms in total. The Morgan fingerprint density at radius 2 is 2.11 bits per heavy atom. The molecule has 2 aromatic heterocycles. The van der Waals surface area contributed by atoms with Crippen molar-refractivity contribution >= 4 is 41.9 Å². The van der Waals surface area contributed by atoms with Gasteiger partial charge in [0.25, 0.3) is 5.91 Å². The maximum absolute atomic E-state index is 12.4. The average molecular weight is 416 g/mol. The number of amides is 1. The lowest BCUT2D eigenvalue weighted by Crippen LogP contribution is -2.40. The summed E-state index contributed by atoms with van der Waals surface area (Å²) in [6.07, 6.45) is 9.42. The molecular formula is C18H27Cl2N5O2. The number of fused-ring (bicyclic) bond motifs is 1. The molecule has 1 aliphatic carbocycles. The zero-order valence-corrected chi connectivity index (χ0v) is 16.9. The lowest BCUT2D eigenvalue weighted by molar-refractivity contribution is 0.0239. The van der Waals surface area contributed by atoms with E-state index in [0.717, 1.165) is 37.3 Å². The third-order valence-corrected chi connectivity index (χ3v) is 5.15. The predicted octanol–water partition coefficient (Wildman–Crippen LogP) is 2.50. The number of aromatic nitrogens is 3. The summed E-state index contributed by atoms with van der Waals surface area (Å²) < 4.78 is 7.80. The first-order valence-corrected chi connectivity index (χ1v) is 9.24. The summed E-state index contributed by atoms with van der Waals surface area (Å²) in [5.74, 6) is -0.103. The van der Waals surface area contributed by atoms with E-state index in [4.69, 9.17) is 4.74 Å². The first-order chi connectivity index (χ1) is 12.3. The minimum Gasteiger partial charge on any atom is -0.376 e. The van der Waals surface area contributed by atoms with Crippen LogP contribution in [0.4, 0.5) is 0 Å². The number of hydrogen-bond donors (Lipinski definition) is 2. The molecule has 150 valence electrons. The van der Waals surface area contributed by atoms with E-state index in [-0.39, 0.29) is 36.8 Å². The van der Waals surface area contributed by atoms with E-state index in [9.17, 15) is 4.79 Å². The van der Waals surface area contributed by atoms with Crippen LogP contribution in [0.3, 0.4) is 0 Å². The Hall–Kier alpha value is -1.41. The van der Waals surface area contributed by atoms with Crippen molar-refractivity contribution < 1.29 is 9.53 Å². The van der Waals surface area contributed by atoms with Crippen molar-refractivity contribution in [3.8, 4) is 0 Å². The summed E-state index contributed by atoms with van der Waals surface area (Å²) in [4.78, 5) is 21.3. The zero-order valence-electron chi connectivity index (χ0n) is 15.2. The number of nitrogens with one attached hydrogen (secondary N) is 2. The van der Waals surface area contributed by atoms with E-state index in [1.54, 1.807) is 6.20 Å². The minimum atomic E-state index is -0.103. The molecule has 0 aromatic carbocycles. The SMILES string of the molecule is Cl.Cl.O=C(NCCC1CNCCO1)c1cnc2c(c1)ncn2C1CCCC1. The van der Waals surface area contributed by atoms with Crippen LogP contribution in [0.5, 0.6) is 0 Å². The zero-order chi connectivity index (χ0) is 17.1. The van der Waals surface area contributed by atoms with Gasteiger partial charge < -0.3 is 19.9 Å². The molecule has 2 aromatic rings. The molecule has 1 atom stereocenters. The molecule has 1 saturated carbocycles. The topological polar surface area (TPSA) is 81.1 Å². The van der Waals surface area contributed by atoms with Gasteiger partial charge in [0.15, 0.2) is 5.65 Å². The second kappa shape index (κ2) is 10.2. The molecule has 2 fully saturated rings. The van der Waals surface area contributed by atoms with Gasteiger partial charge in [0.05, 0.1) is 24.6 Å². The standard InChI is InChI=1S/C18H25N5O2.2ClH/c24-18(20-6-5-15-11-19-7-8-25-15)13-9-16-17(21-10-13)23(12-22-16)14-3-1-2-4-14;;/h9-10,12,14-15,19H,1-8,11H2,(H,20,24);2*1H. The first kappa shape index (κ1) is 21.9. The van der Waals surface area contributed by atoms with Crippen molar-refractivity contribution in [3.63, 3.8) is 0 Å². The van der Waals surface area contributed by atoms with Crippen molar-refractivity contribution in [3.05, 3.63) is 24.2 Å². The van der Waals surface area contributed by atoms with E-state index < -0.39 is 0 Å². The molecule has 3 heterocycles. The smallest absolute Gasteiger partial charge is 0.252 e. The lowest BCUT2D eigenvalue weighted by Gasteiger charge is -2.23. The number of carbonyl (C=O) groups excluding carboxylic acids is 1. The van der Waals surface area contributed by atoms with E-state index in [2.05, 4.69) is 25.2 Å². The number of carbonyl (C=O) groups is 1. The second-order valence-corrected chi connectivity index (χ2v) is 6.90. The number of rotatable bonds is 5. The molecule has 1 unspecified atom stereocenters. The molecule has 2 N–H and O–H groups in total. The van der Waals surface area contributed by atoms with E-state index >= 15 is 0 Å². The highest BCUT2D eigenvalue weighted by Crippen LogP contribution is 2.31. The minimum absolute atomic E-state index is 0. The summed E-state index contributed by atoms with van der Waals surface area (Å²) in [6.45, 7) is 3.09. The second-order valence-electron chi connectivity index (χ2n) is 6.90. The van der Waals surface area contributed by atoms with Crippen LogP contribution >= 0.6 is 24.8 Å². The third kappa shape index (κ3) is 5.10. The summed E-state index contributed by atoms with van der Waals surface area (Å²) in [5.41, 5.74) is 2.23. The number of morpholine rings is 1. The van der Waals surface area contributed by atoms with E-state index in [1.807, 2.05) is 12.4 Å². The third-order valence-electron chi connectivity index (χ3n) is 5.15. The fourth-order valence-corrected chi connectivity index (χ4v) is 3.75. The highest BCUT2D eigenvalue weighted by molar-refractivity contribution is 5.96. The van der Waals surface area contributed by atoms with Crippen molar-refractivity contribution in [1.29, 1.82) is 0 Å². The molecule has 0 bridgehead atoms. The van der Waals surface area contributed by atoms with Gasteiger partial charge in [-0.25, -0.2) is 9.97 Å². The molecule has 0 spiro atoms. The molecular weight excluding hydrogens is 389 g/mol. The molecule has 9 heteroatoms. The van der Waals surface area contributed by atoms with Crippen LogP contribution in [0.2, 0.25) is 0 Å². The molecule has 1 amide bonds. The highest BCUT2D eigenvalue weighted by Gasteiger charge is 2.20. The summed E-state index contributed by atoms with van der Waals surface area (Å²) in [6, 6.07) is 2.34. The Morgan fingerprint density at radius 1 is 1.30 bits per heavy atom. The van der Waals surface area contributed by atoms with Crippen LogP contribution in [-0.2, 0) is 4.74 Å². The van der Waals surface area contributed by atoms with Gasteiger partial charge in [0.2, 0.25) is 0 Å². The molecule has 0 radical (unpaired) electrons. The fraction of sp³-hybridized carbons (Fsp3) is 0.611. The number of hydrogen-bond acceptors (Lipinski definition) is 5. The maximum Gasteiger partial charge on any atom is 0.252 e. The Morgan fingerprint density at radius 3 is 2.85 bits per heavy atom. The number of pyridine rings is 1. The molecule has 4 rings (SSSR count). The van der Waals surface area contributed by atoms with Crippen LogP contribution < -0.4 is 10.6 Å². The van der Waals surface area contributed by atoms with E-state index in [0.29, 0.717) is 18.2 Å².